The fourth-order valence-electron chi connectivity index (χ4n) is 1.81. The Morgan fingerprint density at radius 2 is 1.90 bits per heavy atom. The van der Waals surface area contributed by atoms with Crippen molar-refractivity contribution in [1.82, 2.24) is 4.98 Å². The molecule has 3 rings (SSSR count). The number of hydrogen-bond acceptors (Lipinski definition) is 4. The first-order valence-electron chi connectivity index (χ1n) is 5.83. The zero-order valence-corrected chi connectivity index (χ0v) is 11.3. The number of thiazole rings is 1. The van der Waals surface area contributed by atoms with Gasteiger partial charge in [-0.1, -0.05) is 17.4 Å². The van der Waals surface area contributed by atoms with E-state index in [2.05, 4.69) is 10.3 Å². The van der Waals surface area contributed by atoms with Gasteiger partial charge in [-0.05, 0) is 30.3 Å². The molecule has 3 nitrogen and oxygen atoms in total. The second-order valence-corrected chi connectivity index (χ2v) is 5.10. The van der Waals surface area contributed by atoms with Crippen LogP contribution in [0.3, 0.4) is 0 Å². The number of benzene rings is 2. The minimum atomic E-state index is -0.651. The smallest absolute Gasteiger partial charge is 0.188 e. The van der Waals surface area contributed by atoms with E-state index in [0.29, 0.717) is 10.9 Å². The van der Waals surface area contributed by atoms with Gasteiger partial charge in [0.25, 0.3) is 0 Å². The number of aromatic nitrogens is 1. The Morgan fingerprint density at radius 1 is 1.15 bits per heavy atom. The highest BCUT2D eigenvalue weighted by Gasteiger charge is 2.11. The lowest BCUT2D eigenvalue weighted by Crippen LogP contribution is -1.96. The summed E-state index contributed by atoms with van der Waals surface area (Å²) in [6.07, 6.45) is 0. The number of halogens is 2. The number of para-hydroxylation sites is 1. The van der Waals surface area contributed by atoms with Crippen LogP contribution in [0.4, 0.5) is 19.6 Å². The molecule has 0 unspecified atom stereocenters. The zero-order chi connectivity index (χ0) is 14.1. The molecular formula is C14H10F2N2OS. The number of ether oxygens (including phenoxy) is 1. The summed E-state index contributed by atoms with van der Waals surface area (Å²) < 4.78 is 33.1. The Kier molecular flexibility index (Phi) is 3.23. The normalized spacial score (nSPS) is 10.8. The zero-order valence-electron chi connectivity index (χ0n) is 10.5. The highest BCUT2D eigenvalue weighted by atomic mass is 32.1. The molecule has 3 aromatic rings. The third kappa shape index (κ3) is 2.30. The van der Waals surface area contributed by atoms with Gasteiger partial charge in [0.2, 0.25) is 0 Å². The molecule has 0 saturated carbocycles. The van der Waals surface area contributed by atoms with Gasteiger partial charge in [-0.3, -0.25) is 0 Å². The van der Waals surface area contributed by atoms with Crippen molar-refractivity contribution in [3.05, 3.63) is 48.0 Å². The summed E-state index contributed by atoms with van der Waals surface area (Å²) in [4.78, 5) is 4.28. The van der Waals surface area contributed by atoms with Gasteiger partial charge in [0.1, 0.15) is 23.1 Å². The first kappa shape index (κ1) is 12.8. The van der Waals surface area contributed by atoms with Gasteiger partial charge in [0.15, 0.2) is 5.13 Å². The summed E-state index contributed by atoms with van der Waals surface area (Å²) >= 11 is 1.30. The lowest BCUT2D eigenvalue weighted by atomic mass is 10.3. The molecule has 0 aliphatic rings. The highest BCUT2D eigenvalue weighted by molar-refractivity contribution is 7.22. The molecule has 2 aromatic carbocycles. The molecule has 102 valence electrons. The van der Waals surface area contributed by atoms with Crippen LogP contribution >= 0.6 is 11.3 Å². The second-order valence-electron chi connectivity index (χ2n) is 4.07. The Morgan fingerprint density at radius 3 is 2.60 bits per heavy atom. The van der Waals surface area contributed by atoms with Crippen molar-refractivity contribution in [1.29, 1.82) is 0 Å². The predicted octanol–water partition coefficient (Wildman–Crippen LogP) is 4.33. The molecule has 20 heavy (non-hydrogen) atoms. The Labute approximate surface area is 117 Å². The van der Waals surface area contributed by atoms with Crippen molar-refractivity contribution in [2.75, 3.05) is 12.4 Å². The number of fused-ring (bicyclic) bond motifs is 1. The van der Waals surface area contributed by atoms with Crippen LogP contribution in [0.2, 0.25) is 0 Å². The van der Waals surface area contributed by atoms with E-state index in [0.717, 1.165) is 10.2 Å². The largest absolute Gasteiger partial charge is 0.497 e. The van der Waals surface area contributed by atoms with Gasteiger partial charge >= 0.3 is 0 Å². The van der Waals surface area contributed by atoms with Crippen LogP contribution in [0.25, 0.3) is 10.2 Å². The quantitative estimate of drug-likeness (QED) is 0.780. The van der Waals surface area contributed by atoms with E-state index < -0.39 is 11.6 Å². The predicted molar refractivity (Wildman–Crippen MR) is 75.8 cm³/mol. The highest BCUT2D eigenvalue weighted by Crippen LogP contribution is 2.32. The molecule has 0 saturated heterocycles. The molecule has 0 aliphatic carbocycles. The van der Waals surface area contributed by atoms with Crippen LogP contribution < -0.4 is 10.1 Å². The van der Waals surface area contributed by atoms with Gasteiger partial charge < -0.3 is 10.1 Å². The second kappa shape index (κ2) is 5.05. The minimum absolute atomic E-state index is 0.196. The number of nitrogens with one attached hydrogen (secondary N) is 1. The van der Waals surface area contributed by atoms with Gasteiger partial charge in [0.05, 0.1) is 17.3 Å². The summed E-state index contributed by atoms with van der Waals surface area (Å²) in [5.41, 5.74) is 0.550. The van der Waals surface area contributed by atoms with E-state index in [1.807, 2.05) is 6.07 Å². The standard InChI is InChI=1S/C14H10F2N2OS/c1-19-8-5-6-11-12(7-8)20-14(17-11)18-13-9(15)3-2-4-10(13)16/h2-7H,1H3,(H,17,18). The number of methoxy groups -OCH3 is 1. The average Bonchev–Trinajstić information content (AvgIpc) is 2.84. The molecule has 0 atom stereocenters. The maximum absolute atomic E-state index is 13.6. The van der Waals surface area contributed by atoms with Crippen LogP contribution in [0, 0.1) is 11.6 Å². The van der Waals surface area contributed by atoms with E-state index in [1.54, 1.807) is 19.2 Å². The van der Waals surface area contributed by atoms with Crippen LogP contribution in [-0.2, 0) is 0 Å². The van der Waals surface area contributed by atoms with Crippen molar-refractivity contribution in [2.45, 2.75) is 0 Å². The Balaban J connectivity index is 1.99. The summed E-state index contributed by atoms with van der Waals surface area (Å²) in [6.45, 7) is 0. The monoisotopic (exact) mass is 292 g/mol. The molecule has 0 radical (unpaired) electrons. The van der Waals surface area contributed by atoms with Gasteiger partial charge in [-0.15, -0.1) is 0 Å². The molecule has 1 aromatic heterocycles. The molecule has 0 bridgehead atoms. The number of anilines is 2. The fraction of sp³-hybridized carbons (Fsp3) is 0.0714. The summed E-state index contributed by atoms with van der Waals surface area (Å²) in [7, 11) is 1.58. The van der Waals surface area contributed by atoms with Crippen LogP contribution in [0.1, 0.15) is 0 Å². The van der Waals surface area contributed by atoms with Crippen molar-refractivity contribution in [3.8, 4) is 5.75 Å². The van der Waals surface area contributed by atoms with E-state index >= 15 is 0 Å². The number of hydrogen-bond donors (Lipinski definition) is 1. The van der Waals surface area contributed by atoms with E-state index in [4.69, 9.17) is 4.74 Å². The fourth-order valence-corrected chi connectivity index (χ4v) is 2.71. The van der Waals surface area contributed by atoms with Gasteiger partial charge in [0, 0.05) is 0 Å². The topological polar surface area (TPSA) is 34.1 Å². The van der Waals surface area contributed by atoms with Crippen LogP contribution in [-0.4, -0.2) is 12.1 Å². The third-order valence-electron chi connectivity index (χ3n) is 2.79. The SMILES string of the molecule is COc1ccc2nc(Nc3c(F)cccc3F)sc2c1. The van der Waals surface area contributed by atoms with E-state index in [9.17, 15) is 8.78 Å². The van der Waals surface area contributed by atoms with Crippen LogP contribution in [0.15, 0.2) is 36.4 Å². The molecule has 6 heteroatoms. The molecule has 1 heterocycles. The molecule has 0 amide bonds. The maximum atomic E-state index is 13.6. The first-order valence-corrected chi connectivity index (χ1v) is 6.64. The molecular weight excluding hydrogens is 282 g/mol. The lowest BCUT2D eigenvalue weighted by molar-refractivity contribution is 0.415. The average molecular weight is 292 g/mol. The van der Waals surface area contributed by atoms with Crippen molar-refractivity contribution in [2.24, 2.45) is 0 Å². The molecule has 1 N–H and O–H groups in total. The first-order chi connectivity index (χ1) is 9.67. The Hall–Kier alpha value is -2.21. The summed E-state index contributed by atoms with van der Waals surface area (Å²) in [5.74, 6) is -0.589. The molecule has 0 spiro atoms. The Bertz CT molecular complexity index is 753. The van der Waals surface area contributed by atoms with Crippen molar-refractivity contribution < 1.29 is 13.5 Å². The van der Waals surface area contributed by atoms with Gasteiger partial charge in [-0.25, -0.2) is 13.8 Å². The summed E-state index contributed by atoms with van der Waals surface area (Å²) in [6, 6.07) is 9.13. The summed E-state index contributed by atoms with van der Waals surface area (Å²) in [5, 5.41) is 3.11. The number of rotatable bonds is 3. The van der Waals surface area contributed by atoms with E-state index in [-0.39, 0.29) is 5.69 Å². The molecule has 0 aliphatic heterocycles. The van der Waals surface area contributed by atoms with Crippen molar-refractivity contribution >= 4 is 32.4 Å². The van der Waals surface area contributed by atoms with Gasteiger partial charge in [-0.2, -0.15) is 0 Å². The van der Waals surface area contributed by atoms with Crippen LogP contribution in [0.5, 0.6) is 5.75 Å². The molecule has 0 fully saturated rings. The maximum Gasteiger partial charge on any atom is 0.188 e. The lowest BCUT2D eigenvalue weighted by Gasteiger charge is -2.04. The van der Waals surface area contributed by atoms with Crippen molar-refractivity contribution in [3.63, 3.8) is 0 Å². The minimum Gasteiger partial charge on any atom is -0.497 e. The third-order valence-corrected chi connectivity index (χ3v) is 3.72. The van der Waals surface area contributed by atoms with E-state index in [1.165, 1.54) is 29.5 Å². The number of nitrogens with zero attached hydrogens (tertiary/aromatic N) is 1.